The number of benzene rings is 1. The number of amides is 1. The predicted molar refractivity (Wildman–Crippen MR) is 81.3 cm³/mol. The second-order valence-corrected chi connectivity index (χ2v) is 5.34. The summed E-state index contributed by atoms with van der Waals surface area (Å²) in [5, 5.41) is 11.6. The summed E-state index contributed by atoms with van der Waals surface area (Å²) in [5.74, 6) is 0.511. The fourth-order valence-electron chi connectivity index (χ4n) is 2.07. The van der Waals surface area contributed by atoms with Gasteiger partial charge in [0.15, 0.2) is 0 Å². The monoisotopic (exact) mass is 273 g/mol. The van der Waals surface area contributed by atoms with Gasteiger partial charge >= 0.3 is 0 Å². The highest BCUT2D eigenvalue weighted by molar-refractivity contribution is 5.94. The van der Waals surface area contributed by atoms with Crippen LogP contribution in [0.5, 0.6) is 0 Å². The van der Waals surface area contributed by atoms with Gasteiger partial charge < -0.3 is 5.32 Å². The fraction of sp³-hybridized carbons (Fsp3) is 0.500. The van der Waals surface area contributed by atoms with E-state index in [4.69, 9.17) is 5.26 Å². The average Bonchev–Trinajstić information content (AvgIpc) is 2.44. The highest BCUT2D eigenvalue weighted by Crippen LogP contribution is 2.11. The molecule has 1 atom stereocenters. The number of hydrogen-bond donors (Lipinski definition) is 1. The first-order chi connectivity index (χ1) is 9.47. The number of carbonyl (C=O) groups excluding carboxylic acids is 1. The second-order valence-electron chi connectivity index (χ2n) is 5.34. The van der Waals surface area contributed by atoms with Crippen LogP contribution < -0.4 is 5.32 Å². The Morgan fingerprint density at radius 3 is 2.35 bits per heavy atom. The third-order valence-corrected chi connectivity index (χ3v) is 3.21. The van der Waals surface area contributed by atoms with Crippen LogP contribution in [0.4, 0.5) is 5.69 Å². The first kappa shape index (κ1) is 16.2. The number of nitrogens with zero attached hydrogens (tertiary/aromatic N) is 2. The summed E-state index contributed by atoms with van der Waals surface area (Å²) in [5.41, 5.74) is 1.31. The molecule has 0 saturated heterocycles. The zero-order valence-electron chi connectivity index (χ0n) is 12.7. The van der Waals surface area contributed by atoms with Crippen LogP contribution >= 0.6 is 0 Å². The van der Waals surface area contributed by atoms with Gasteiger partial charge in [-0.3, -0.25) is 9.69 Å². The summed E-state index contributed by atoms with van der Waals surface area (Å²) in [6, 6.07) is 8.79. The Bertz CT molecular complexity index is 473. The van der Waals surface area contributed by atoms with Gasteiger partial charge in [-0.05, 0) is 43.7 Å². The van der Waals surface area contributed by atoms with E-state index in [1.54, 1.807) is 24.3 Å². The van der Waals surface area contributed by atoms with E-state index in [-0.39, 0.29) is 11.9 Å². The van der Waals surface area contributed by atoms with Crippen molar-refractivity contribution in [2.24, 2.45) is 5.92 Å². The second kappa shape index (κ2) is 7.66. The maximum atomic E-state index is 12.2. The lowest BCUT2D eigenvalue weighted by molar-refractivity contribution is -0.120. The van der Waals surface area contributed by atoms with Crippen LogP contribution in [0.2, 0.25) is 0 Å². The number of rotatable bonds is 6. The third kappa shape index (κ3) is 4.67. The van der Waals surface area contributed by atoms with Crippen LogP contribution in [0, 0.1) is 17.2 Å². The van der Waals surface area contributed by atoms with Crippen LogP contribution in [-0.2, 0) is 4.79 Å². The molecule has 4 heteroatoms. The summed E-state index contributed by atoms with van der Waals surface area (Å²) in [4.78, 5) is 14.4. The molecule has 20 heavy (non-hydrogen) atoms. The van der Waals surface area contributed by atoms with Crippen molar-refractivity contribution in [1.82, 2.24) is 4.90 Å². The van der Waals surface area contributed by atoms with Crippen molar-refractivity contribution in [2.45, 2.75) is 33.7 Å². The molecule has 1 amide bonds. The van der Waals surface area contributed by atoms with E-state index in [1.807, 2.05) is 6.92 Å². The lowest BCUT2D eigenvalue weighted by Gasteiger charge is -2.28. The van der Waals surface area contributed by atoms with E-state index >= 15 is 0 Å². The highest BCUT2D eigenvalue weighted by atomic mass is 16.2. The van der Waals surface area contributed by atoms with Gasteiger partial charge in [0.2, 0.25) is 5.91 Å². The van der Waals surface area contributed by atoms with Gasteiger partial charge in [-0.15, -0.1) is 0 Å². The Balaban J connectivity index is 2.66. The molecule has 0 spiro atoms. The Kier molecular flexibility index (Phi) is 6.20. The van der Waals surface area contributed by atoms with E-state index in [2.05, 4.69) is 37.1 Å². The van der Waals surface area contributed by atoms with Crippen LogP contribution in [0.3, 0.4) is 0 Å². The summed E-state index contributed by atoms with van der Waals surface area (Å²) in [6.45, 7) is 10.0. The minimum Gasteiger partial charge on any atom is -0.325 e. The van der Waals surface area contributed by atoms with Crippen molar-refractivity contribution >= 4 is 11.6 Å². The molecule has 0 saturated carbocycles. The van der Waals surface area contributed by atoms with Gasteiger partial charge in [-0.25, -0.2) is 0 Å². The molecule has 1 rings (SSSR count). The molecule has 1 aromatic rings. The van der Waals surface area contributed by atoms with E-state index in [9.17, 15) is 4.79 Å². The minimum absolute atomic E-state index is 0.0165. The lowest BCUT2D eigenvalue weighted by Crippen LogP contribution is -2.43. The molecule has 0 aliphatic heterocycles. The normalized spacial score (nSPS) is 12.2. The Labute approximate surface area is 121 Å². The largest absolute Gasteiger partial charge is 0.325 e. The van der Waals surface area contributed by atoms with Crippen molar-refractivity contribution in [3.05, 3.63) is 29.8 Å². The van der Waals surface area contributed by atoms with Crippen LogP contribution in [0.25, 0.3) is 0 Å². The maximum absolute atomic E-state index is 12.2. The number of nitrogens with one attached hydrogen (secondary N) is 1. The lowest BCUT2D eigenvalue weighted by atomic mass is 10.1. The predicted octanol–water partition coefficient (Wildman–Crippen LogP) is 2.86. The van der Waals surface area contributed by atoms with Gasteiger partial charge in [-0.1, -0.05) is 20.8 Å². The average molecular weight is 273 g/mol. The minimum atomic E-state index is -0.168. The van der Waals surface area contributed by atoms with Gasteiger partial charge in [0.25, 0.3) is 0 Å². The summed E-state index contributed by atoms with van der Waals surface area (Å²) < 4.78 is 0. The van der Waals surface area contributed by atoms with Gasteiger partial charge in [0, 0.05) is 12.2 Å². The molecule has 1 aromatic carbocycles. The molecular weight excluding hydrogens is 250 g/mol. The number of anilines is 1. The van der Waals surface area contributed by atoms with Crippen molar-refractivity contribution in [3.8, 4) is 6.07 Å². The Hall–Kier alpha value is -1.86. The number of carbonyl (C=O) groups is 1. The van der Waals surface area contributed by atoms with E-state index in [1.165, 1.54) is 0 Å². The summed E-state index contributed by atoms with van der Waals surface area (Å²) in [7, 11) is 0. The fourth-order valence-corrected chi connectivity index (χ4v) is 2.07. The molecule has 0 fully saturated rings. The Morgan fingerprint density at radius 2 is 1.90 bits per heavy atom. The molecule has 0 aliphatic rings. The highest BCUT2D eigenvalue weighted by Gasteiger charge is 2.20. The number of nitriles is 1. The van der Waals surface area contributed by atoms with Crippen molar-refractivity contribution in [3.63, 3.8) is 0 Å². The van der Waals surface area contributed by atoms with Gasteiger partial charge in [0.05, 0.1) is 17.7 Å². The SMILES string of the molecule is CCN(CC(C)C)C(C)C(=O)Nc1ccc(C#N)cc1. The van der Waals surface area contributed by atoms with Crippen LogP contribution in [0.15, 0.2) is 24.3 Å². The first-order valence-corrected chi connectivity index (χ1v) is 7.03. The molecule has 4 nitrogen and oxygen atoms in total. The molecule has 0 heterocycles. The molecule has 1 N–H and O–H groups in total. The first-order valence-electron chi connectivity index (χ1n) is 7.03. The van der Waals surface area contributed by atoms with Crippen molar-refractivity contribution in [2.75, 3.05) is 18.4 Å². The molecule has 0 aromatic heterocycles. The standard InChI is InChI=1S/C16H23N3O/c1-5-19(11-12(2)3)13(4)16(20)18-15-8-6-14(10-17)7-9-15/h6-9,12-13H,5,11H2,1-4H3,(H,18,20). The van der Waals surface area contributed by atoms with E-state index in [0.29, 0.717) is 11.5 Å². The number of likely N-dealkylation sites (N-methyl/N-ethyl adjacent to an activating group) is 1. The summed E-state index contributed by atoms with van der Waals surface area (Å²) in [6.07, 6.45) is 0. The quantitative estimate of drug-likeness (QED) is 0.867. The number of hydrogen-bond acceptors (Lipinski definition) is 3. The smallest absolute Gasteiger partial charge is 0.241 e. The van der Waals surface area contributed by atoms with E-state index < -0.39 is 0 Å². The van der Waals surface area contributed by atoms with E-state index in [0.717, 1.165) is 18.8 Å². The molecule has 108 valence electrons. The zero-order chi connectivity index (χ0) is 15.1. The zero-order valence-corrected chi connectivity index (χ0v) is 12.7. The van der Waals surface area contributed by atoms with Gasteiger partial charge in [-0.2, -0.15) is 5.26 Å². The van der Waals surface area contributed by atoms with Crippen molar-refractivity contribution < 1.29 is 4.79 Å². The van der Waals surface area contributed by atoms with Crippen molar-refractivity contribution in [1.29, 1.82) is 5.26 Å². The maximum Gasteiger partial charge on any atom is 0.241 e. The third-order valence-electron chi connectivity index (χ3n) is 3.21. The topological polar surface area (TPSA) is 56.1 Å². The van der Waals surface area contributed by atoms with Gasteiger partial charge in [0.1, 0.15) is 0 Å². The molecule has 0 aliphatic carbocycles. The molecular formula is C16H23N3O. The van der Waals surface area contributed by atoms with Crippen LogP contribution in [0.1, 0.15) is 33.3 Å². The molecule has 0 radical (unpaired) electrons. The molecule has 1 unspecified atom stereocenters. The Morgan fingerprint density at radius 1 is 1.30 bits per heavy atom. The van der Waals surface area contributed by atoms with Crippen LogP contribution in [-0.4, -0.2) is 29.9 Å². The molecule has 0 bridgehead atoms. The summed E-state index contributed by atoms with van der Waals surface area (Å²) >= 11 is 0.